The summed E-state index contributed by atoms with van der Waals surface area (Å²) < 4.78 is 11.6. The Morgan fingerprint density at radius 1 is 1.38 bits per heavy atom. The van der Waals surface area contributed by atoms with Gasteiger partial charge in [-0.1, -0.05) is 26.0 Å². The quantitative estimate of drug-likeness (QED) is 0.508. The van der Waals surface area contributed by atoms with E-state index in [0.717, 1.165) is 49.0 Å². The maximum atomic E-state index is 6.18. The van der Waals surface area contributed by atoms with Crippen LogP contribution in [0.4, 0.5) is 0 Å². The Balaban J connectivity index is 1.50. The predicted molar refractivity (Wildman–Crippen MR) is 119 cm³/mol. The molecule has 0 saturated carbocycles. The average Bonchev–Trinajstić information content (AvgIpc) is 3.38. The van der Waals surface area contributed by atoms with Gasteiger partial charge in [0, 0.05) is 49.8 Å². The molecular formula is C22H32N4O2S. The maximum Gasteiger partial charge on any atom is 0.191 e. The Morgan fingerprint density at radius 3 is 2.93 bits per heavy atom. The molecule has 0 radical (unpaired) electrons. The molecule has 1 unspecified atom stereocenters. The fraction of sp³-hybridized carbons (Fsp3) is 0.545. The molecular weight excluding hydrogens is 384 g/mol. The van der Waals surface area contributed by atoms with Crippen LogP contribution < -0.4 is 15.4 Å². The SMILES string of the molecule is CN=C(NCCc1csc(C(C)C)n1)NCc1ccc(C)cc1OC1CCOC1. The van der Waals surface area contributed by atoms with Crippen LogP contribution in [0.1, 0.15) is 48.0 Å². The minimum atomic E-state index is 0.141. The Labute approximate surface area is 177 Å². The maximum absolute atomic E-state index is 6.18. The highest BCUT2D eigenvalue weighted by Gasteiger charge is 2.18. The van der Waals surface area contributed by atoms with Crippen LogP contribution in [0.5, 0.6) is 5.75 Å². The Morgan fingerprint density at radius 2 is 2.24 bits per heavy atom. The second-order valence-electron chi connectivity index (χ2n) is 7.65. The molecule has 3 rings (SSSR count). The smallest absolute Gasteiger partial charge is 0.191 e. The van der Waals surface area contributed by atoms with Gasteiger partial charge in [0.1, 0.15) is 11.9 Å². The van der Waals surface area contributed by atoms with E-state index in [1.165, 1.54) is 10.6 Å². The monoisotopic (exact) mass is 416 g/mol. The summed E-state index contributed by atoms with van der Waals surface area (Å²) in [6.07, 6.45) is 1.96. The van der Waals surface area contributed by atoms with Gasteiger partial charge in [-0.15, -0.1) is 11.3 Å². The zero-order valence-corrected chi connectivity index (χ0v) is 18.6. The third-order valence-electron chi connectivity index (χ3n) is 4.81. The van der Waals surface area contributed by atoms with Crippen molar-refractivity contribution >= 4 is 17.3 Å². The van der Waals surface area contributed by atoms with Crippen LogP contribution in [0.25, 0.3) is 0 Å². The summed E-state index contributed by atoms with van der Waals surface area (Å²) in [6.45, 7) is 9.32. The van der Waals surface area contributed by atoms with Crippen molar-refractivity contribution in [2.24, 2.45) is 4.99 Å². The molecule has 0 aliphatic carbocycles. The highest BCUT2D eigenvalue weighted by molar-refractivity contribution is 7.09. The van der Waals surface area contributed by atoms with Crippen LogP contribution in [-0.4, -0.2) is 43.9 Å². The third-order valence-corrected chi connectivity index (χ3v) is 6.01. The van der Waals surface area contributed by atoms with E-state index in [9.17, 15) is 0 Å². The van der Waals surface area contributed by atoms with Gasteiger partial charge in [0.25, 0.3) is 0 Å². The fourth-order valence-electron chi connectivity index (χ4n) is 3.11. The van der Waals surface area contributed by atoms with Crippen molar-refractivity contribution in [3.8, 4) is 5.75 Å². The van der Waals surface area contributed by atoms with Crippen LogP contribution in [-0.2, 0) is 17.7 Å². The lowest BCUT2D eigenvalue weighted by molar-refractivity contribution is 0.140. The van der Waals surface area contributed by atoms with Crippen molar-refractivity contribution in [2.45, 2.75) is 52.2 Å². The first-order valence-electron chi connectivity index (χ1n) is 10.3. The number of aromatic nitrogens is 1. The lowest BCUT2D eigenvalue weighted by Crippen LogP contribution is -2.38. The summed E-state index contributed by atoms with van der Waals surface area (Å²) >= 11 is 1.74. The van der Waals surface area contributed by atoms with Gasteiger partial charge in [0.15, 0.2) is 5.96 Å². The first-order valence-corrected chi connectivity index (χ1v) is 11.2. The molecule has 2 N–H and O–H groups in total. The lowest BCUT2D eigenvalue weighted by atomic mass is 10.1. The second-order valence-corrected chi connectivity index (χ2v) is 8.54. The molecule has 0 spiro atoms. The molecule has 1 aromatic carbocycles. The molecule has 2 heterocycles. The Hall–Kier alpha value is -2.12. The van der Waals surface area contributed by atoms with E-state index in [0.29, 0.717) is 19.1 Å². The van der Waals surface area contributed by atoms with Gasteiger partial charge in [-0.2, -0.15) is 0 Å². The molecule has 7 heteroatoms. The zero-order valence-electron chi connectivity index (χ0n) is 17.8. The van der Waals surface area contributed by atoms with E-state index in [1.807, 2.05) is 0 Å². The molecule has 0 amide bonds. The number of benzene rings is 1. The normalized spacial score (nSPS) is 17.0. The van der Waals surface area contributed by atoms with Crippen molar-refractivity contribution in [1.29, 1.82) is 0 Å². The summed E-state index contributed by atoms with van der Waals surface area (Å²) in [5, 5.41) is 10.1. The summed E-state index contributed by atoms with van der Waals surface area (Å²) in [7, 11) is 1.79. The van der Waals surface area contributed by atoms with Crippen LogP contribution in [0.2, 0.25) is 0 Å². The summed E-state index contributed by atoms with van der Waals surface area (Å²) in [5.41, 5.74) is 3.44. The number of nitrogens with one attached hydrogen (secondary N) is 2. The van der Waals surface area contributed by atoms with E-state index in [-0.39, 0.29) is 6.10 Å². The van der Waals surface area contributed by atoms with Crippen molar-refractivity contribution in [2.75, 3.05) is 26.8 Å². The minimum absolute atomic E-state index is 0.141. The topological polar surface area (TPSA) is 67.8 Å². The molecule has 1 aromatic heterocycles. The highest BCUT2D eigenvalue weighted by Crippen LogP contribution is 2.24. The van der Waals surface area contributed by atoms with Crippen LogP contribution in [0.3, 0.4) is 0 Å². The third kappa shape index (κ3) is 6.44. The van der Waals surface area contributed by atoms with E-state index >= 15 is 0 Å². The number of ether oxygens (including phenoxy) is 2. The van der Waals surface area contributed by atoms with Gasteiger partial charge in [-0.25, -0.2) is 4.98 Å². The average molecular weight is 417 g/mol. The molecule has 1 atom stereocenters. The number of hydrogen-bond acceptors (Lipinski definition) is 5. The van der Waals surface area contributed by atoms with Gasteiger partial charge < -0.3 is 20.1 Å². The summed E-state index contributed by atoms with van der Waals surface area (Å²) in [4.78, 5) is 9.02. The molecule has 1 aliphatic heterocycles. The molecule has 29 heavy (non-hydrogen) atoms. The first-order chi connectivity index (χ1) is 14.0. The largest absolute Gasteiger partial charge is 0.488 e. The molecule has 1 aliphatic rings. The van der Waals surface area contributed by atoms with Gasteiger partial charge >= 0.3 is 0 Å². The molecule has 1 fully saturated rings. The molecule has 0 bridgehead atoms. The molecule has 6 nitrogen and oxygen atoms in total. The van der Waals surface area contributed by atoms with Gasteiger partial charge in [-0.3, -0.25) is 4.99 Å². The zero-order chi connectivity index (χ0) is 20.6. The van der Waals surface area contributed by atoms with Crippen LogP contribution >= 0.6 is 11.3 Å². The van der Waals surface area contributed by atoms with Crippen LogP contribution in [0, 0.1) is 6.92 Å². The van der Waals surface area contributed by atoms with E-state index in [2.05, 4.69) is 65.0 Å². The number of aliphatic imine (C=N–C) groups is 1. The highest BCUT2D eigenvalue weighted by atomic mass is 32.1. The van der Waals surface area contributed by atoms with Crippen molar-refractivity contribution in [3.05, 3.63) is 45.4 Å². The van der Waals surface area contributed by atoms with Crippen molar-refractivity contribution in [3.63, 3.8) is 0 Å². The van der Waals surface area contributed by atoms with E-state index < -0.39 is 0 Å². The second kappa shape index (κ2) is 10.6. The minimum Gasteiger partial charge on any atom is -0.488 e. The van der Waals surface area contributed by atoms with Crippen LogP contribution in [0.15, 0.2) is 28.6 Å². The van der Waals surface area contributed by atoms with E-state index in [4.69, 9.17) is 9.47 Å². The molecule has 2 aromatic rings. The number of aryl methyl sites for hydroxylation is 1. The standard InChI is InChI=1S/C22H32N4O2S/c1-15(2)21-26-18(14-29-21)7-9-24-22(23-4)25-12-17-6-5-16(3)11-20(17)28-19-8-10-27-13-19/h5-6,11,14-15,19H,7-10,12-13H2,1-4H3,(H2,23,24,25). The number of nitrogens with zero attached hydrogens (tertiary/aromatic N) is 2. The Bertz CT molecular complexity index is 813. The predicted octanol–water partition coefficient (Wildman–Crippen LogP) is 3.65. The number of guanidine groups is 1. The number of thiazole rings is 1. The number of hydrogen-bond donors (Lipinski definition) is 2. The van der Waals surface area contributed by atoms with Gasteiger partial charge in [0.05, 0.1) is 23.9 Å². The first kappa shape index (κ1) is 21.6. The summed E-state index contributed by atoms with van der Waals surface area (Å²) in [5.74, 6) is 2.19. The number of rotatable bonds is 8. The fourth-order valence-corrected chi connectivity index (χ4v) is 3.98. The van der Waals surface area contributed by atoms with Crippen molar-refractivity contribution in [1.82, 2.24) is 15.6 Å². The van der Waals surface area contributed by atoms with Gasteiger partial charge in [0.2, 0.25) is 0 Å². The summed E-state index contributed by atoms with van der Waals surface area (Å²) in [6, 6.07) is 6.32. The Kier molecular flexibility index (Phi) is 7.89. The van der Waals surface area contributed by atoms with Crippen molar-refractivity contribution < 1.29 is 9.47 Å². The molecule has 158 valence electrons. The van der Waals surface area contributed by atoms with Gasteiger partial charge in [-0.05, 0) is 18.6 Å². The molecule has 1 saturated heterocycles. The van der Waals surface area contributed by atoms with E-state index in [1.54, 1.807) is 18.4 Å². The lowest BCUT2D eigenvalue weighted by Gasteiger charge is -2.18.